The van der Waals surface area contributed by atoms with Crippen LogP contribution in [0.1, 0.15) is 53.4 Å². The van der Waals surface area contributed by atoms with Crippen LogP contribution in [0.15, 0.2) is 11.1 Å². The number of aldehydes is 1. The number of hydrogen-bond donors (Lipinski definition) is 1. The van der Waals surface area contributed by atoms with Crippen molar-refractivity contribution in [3.8, 4) is 0 Å². The summed E-state index contributed by atoms with van der Waals surface area (Å²) in [6, 6.07) is 0. The fourth-order valence-electron chi connectivity index (χ4n) is 4.28. The zero-order valence-corrected chi connectivity index (χ0v) is 11.4. The van der Waals surface area contributed by atoms with Crippen molar-refractivity contribution >= 4 is 6.29 Å². The summed E-state index contributed by atoms with van der Waals surface area (Å²) >= 11 is 0. The molecule has 0 radical (unpaired) electrons. The monoisotopic (exact) mass is 236 g/mol. The highest BCUT2D eigenvalue weighted by Crippen LogP contribution is 2.58. The summed E-state index contributed by atoms with van der Waals surface area (Å²) in [6.07, 6.45) is 4.84. The highest BCUT2D eigenvalue weighted by molar-refractivity contribution is 5.77. The molecule has 2 heteroatoms. The first-order valence-electron chi connectivity index (χ1n) is 6.67. The Morgan fingerprint density at radius 1 is 1.29 bits per heavy atom. The molecular weight excluding hydrogens is 212 g/mol. The molecule has 2 nitrogen and oxygen atoms in total. The van der Waals surface area contributed by atoms with Gasteiger partial charge in [0.15, 0.2) is 0 Å². The molecule has 1 N–H and O–H groups in total. The summed E-state index contributed by atoms with van der Waals surface area (Å²) in [7, 11) is 0. The molecule has 0 aliphatic heterocycles. The zero-order chi connectivity index (χ0) is 12.8. The number of fused-ring (bicyclic) bond motifs is 1. The summed E-state index contributed by atoms with van der Waals surface area (Å²) in [6.45, 7) is 8.70. The normalized spacial score (nSPS) is 41.0. The maximum absolute atomic E-state index is 11.4. The molecule has 0 bridgehead atoms. The van der Waals surface area contributed by atoms with Gasteiger partial charge in [-0.25, -0.2) is 0 Å². The van der Waals surface area contributed by atoms with Crippen LogP contribution in [0.4, 0.5) is 0 Å². The summed E-state index contributed by atoms with van der Waals surface area (Å²) in [4.78, 5) is 11.4. The Bertz CT molecular complexity index is 367. The van der Waals surface area contributed by atoms with Crippen LogP contribution in [0.5, 0.6) is 0 Å². The molecule has 3 atom stereocenters. The van der Waals surface area contributed by atoms with Gasteiger partial charge < -0.3 is 5.11 Å². The molecule has 0 saturated heterocycles. The number of carbonyl (C=O) groups is 1. The van der Waals surface area contributed by atoms with Crippen LogP contribution in [0.2, 0.25) is 0 Å². The lowest BCUT2D eigenvalue weighted by molar-refractivity contribution is -0.108. The number of hydrogen-bond acceptors (Lipinski definition) is 2. The predicted molar refractivity (Wildman–Crippen MR) is 68.6 cm³/mol. The zero-order valence-electron chi connectivity index (χ0n) is 11.4. The van der Waals surface area contributed by atoms with Crippen molar-refractivity contribution in [2.24, 2.45) is 16.7 Å². The van der Waals surface area contributed by atoms with Crippen molar-refractivity contribution in [1.82, 2.24) is 0 Å². The van der Waals surface area contributed by atoms with Gasteiger partial charge in [-0.2, -0.15) is 0 Å². The number of aliphatic hydroxyl groups is 1. The molecule has 2 aliphatic carbocycles. The van der Waals surface area contributed by atoms with Crippen LogP contribution in [0.3, 0.4) is 0 Å². The van der Waals surface area contributed by atoms with Crippen molar-refractivity contribution in [1.29, 1.82) is 0 Å². The van der Waals surface area contributed by atoms with E-state index >= 15 is 0 Å². The summed E-state index contributed by atoms with van der Waals surface area (Å²) < 4.78 is 0. The summed E-state index contributed by atoms with van der Waals surface area (Å²) in [5, 5.41) is 10.1. The topological polar surface area (TPSA) is 37.3 Å². The average molecular weight is 236 g/mol. The average Bonchev–Trinajstić information content (AvgIpc) is 2.22. The third-order valence-corrected chi connectivity index (χ3v) is 5.35. The smallest absolute Gasteiger partial charge is 0.146 e. The Labute approximate surface area is 104 Å². The van der Waals surface area contributed by atoms with Crippen molar-refractivity contribution in [3.63, 3.8) is 0 Å². The summed E-state index contributed by atoms with van der Waals surface area (Å²) in [5.74, 6) is 0.419. The van der Waals surface area contributed by atoms with Gasteiger partial charge in [0.1, 0.15) is 6.29 Å². The van der Waals surface area contributed by atoms with E-state index < -0.39 is 6.10 Å². The van der Waals surface area contributed by atoms with E-state index in [-0.39, 0.29) is 10.8 Å². The quantitative estimate of drug-likeness (QED) is 0.710. The predicted octanol–water partition coefficient (Wildman–Crippen LogP) is 3.10. The lowest BCUT2D eigenvalue weighted by atomic mass is 9.50. The molecule has 0 aromatic rings. The molecule has 2 rings (SSSR count). The van der Waals surface area contributed by atoms with Crippen LogP contribution >= 0.6 is 0 Å². The van der Waals surface area contributed by atoms with Gasteiger partial charge in [0.25, 0.3) is 0 Å². The third kappa shape index (κ3) is 1.77. The van der Waals surface area contributed by atoms with Crippen molar-refractivity contribution in [3.05, 3.63) is 11.1 Å². The van der Waals surface area contributed by atoms with Crippen LogP contribution in [0, 0.1) is 16.7 Å². The minimum atomic E-state index is -0.425. The molecule has 1 fully saturated rings. The van der Waals surface area contributed by atoms with E-state index in [1.807, 2.05) is 6.92 Å². The Kier molecular flexibility index (Phi) is 2.97. The molecule has 96 valence electrons. The van der Waals surface area contributed by atoms with Crippen LogP contribution < -0.4 is 0 Å². The molecule has 17 heavy (non-hydrogen) atoms. The molecule has 0 amide bonds. The molecule has 1 unspecified atom stereocenters. The van der Waals surface area contributed by atoms with E-state index in [4.69, 9.17) is 0 Å². The molecule has 0 aromatic carbocycles. The van der Waals surface area contributed by atoms with Crippen molar-refractivity contribution in [2.45, 2.75) is 59.5 Å². The van der Waals surface area contributed by atoms with Gasteiger partial charge in [0.2, 0.25) is 0 Å². The Balaban J connectivity index is 2.52. The van der Waals surface area contributed by atoms with Gasteiger partial charge in [-0.05, 0) is 54.1 Å². The minimum Gasteiger partial charge on any atom is -0.389 e. The standard InChI is InChI=1S/C15H24O2/c1-10-11(9-16)15(4)7-5-6-14(2,3)13(15)8-12(10)17/h9,12-13,17H,5-8H2,1-4H3/t12-,13?,15-/m1/s1. The first-order valence-corrected chi connectivity index (χ1v) is 6.67. The highest BCUT2D eigenvalue weighted by atomic mass is 16.3. The molecule has 0 heterocycles. The molecule has 0 aromatic heterocycles. The van der Waals surface area contributed by atoms with Gasteiger partial charge in [-0.15, -0.1) is 0 Å². The molecule has 2 aliphatic rings. The van der Waals surface area contributed by atoms with E-state index in [1.54, 1.807) is 0 Å². The number of aliphatic hydroxyl groups excluding tert-OH is 1. The maximum atomic E-state index is 11.4. The van der Waals surface area contributed by atoms with E-state index in [9.17, 15) is 9.90 Å². The largest absolute Gasteiger partial charge is 0.389 e. The molecule has 1 saturated carbocycles. The van der Waals surface area contributed by atoms with Gasteiger partial charge in [0, 0.05) is 0 Å². The van der Waals surface area contributed by atoms with E-state index in [0.717, 1.165) is 30.3 Å². The van der Waals surface area contributed by atoms with E-state index in [1.165, 1.54) is 12.8 Å². The van der Waals surface area contributed by atoms with E-state index in [0.29, 0.717) is 5.92 Å². The van der Waals surface area contributed by atoms with Crippen LogP contribution in [0.25, 0.3) is 0 Å². The van der Waals surface area contributed by atoms with Crippen LogP contribution in [-0.2, 0) is 4.79 Å². The highest BCUT2D eigenvalue weighted by Gasteiger charge is 2.51. The van der Waals surface area contributed by atoms with Gasteiger partial charge in [-0.1, -0.05) is 27.2 Å². The second-order valence-corrected chi connectivity index (χ2v) is 6.78. The Hall–Kier alpha value is -0.630. The number of allylic oxidation sites excluding steroid dienone is 1. The van der Waals surface area contributed by atoms with Crippen LogP contribution in [-0.4, -0.2) is 17.5 Å². The SMILES string of the molecule is CC1=C(C=O)[C@@]2(C)CCCC(C)(C)C2C[C@H]1O. The second kappa shape index (κ2) is 3.94. The first kappa shape index (κ1) is 12.8. The van der Waals surface area contributed by atoms with Gasteiger partial charge in [-0.3, -0.25) is 4.79 Å². The molecule has 0 spiro atoms. The fourth-order valence-corrected chi connectivity index (χ4v) is 4.28. The van der Waals surface area contributed by atoms with Gasteiger partial charge in [0.05, 0.1) is 6.10 Å². The van der Waals surface area contributed by atoms with Crippen molar-refractivity contribution < 1.29 is 9.90 Å². The lowest BCUT2D eigenvalue weighted by Gasteiger charge is -2.54. The first-order chi connectivity index (χ1) is 7.83. The van der Waals surface area contributed by atoms with Gasteiger partial charge >= 0.3 is 0 Å². The fraction of sp³-hybridized carbons (Fsp3) is 0.800. The lowest BCUT2D eigenvalue weighted by Crippen LogP contribution is -2.48. The third-order valence-electron chi connectivity index (χ3n) is 5.35. The van der Waals surface area contributed by atoms with Crippen molar-refractivity contribution in [2.75, 3.05) is 0 Å². The minimum absolute atomic E-state index is 0.0210. The maximum Gasteiger partial charge on any atom is 0.146 e. The molecular formula is C15H24O2. The Morgan fingerprint density at radius 2 is 1.94 bits per heavy atom. The second-order valence-electron chi connectivity index (χ2n) is 6.78. The summed E-state index contributed by atoms with van der Waals surface area (Å²) in [5.41, 5.74) is 1.97. The number of carbonyl (C=O) groups excluding carboxylic acids is 1. The van der Waals surface area contributed by atoms with E-state index in [2.05, 4.69) is 20.8 Å². The number of rotatable bonds is 1. The Morgan fingerprint density at radius 3 is 2.53 bits per heavy atom.